The number of aliphatic hydroxyl groups is 1. The minimum atomic E-state index is -1.32. The van der Waals surface area contributed by atoms with Crippen molar-refractivity contribution in [2.45, 2.75) is 44.7 Å². The van der Waals surface area contributed by atoms with Crippen molar-refractivity contribution in [1.82, 2.24) is 10.6 Å². The number of amides is 2. The molecule has 0 saturated carbocycles. The Morgan fingerprint density at radius 1 is 0.970 bits per heavy atom. The molecule has 2 aromatic rings. The van der Waals surface area contributed by atoms with E-state index in [9.17, 15) is 24.6 Å². The van der Waals surface area contributed by atoms with Crippen LogP contribution in [0.25, 0.3) is 11.1 Å². The van der Waals surface area contributed by atoms with Crippen LogP contribution in [0.1, 0.15) is 43.7 Å². The summed E-state index contributed by atoms with van der Waals surface area (Å²) in [6.45, 7) is 3.65. The Balaban J connectivity index is 1.65. The molecule has 0 fully saturated rings. The van der Waals surface area contributed by atoms with Crippen molar-refractivity contribution >= 4 is 18.0 Å². The second kappa shape index (κ2) is 11.0. The smallest absolute Gasteiger partial charge is 0.407 e. The maximum atomic E-state index is 12.6. The number of ether oxygens (including phenoxy) is 1. The average Bonchev–Trinajstić information content (AvgIpc) is 3.10. The van der Waals surface area contributed by atoms with Gasteiger partial charge in [0.25, 0.3) is 0 Å². The van der Waals surface area contributed by atoms with E-state index in [2.05, 4.69) is 10.6 Å². The number of rotatable bonds is 10. The van der Waals surface area contributed by atoms with Crippen LogP contribution < -0.4 is 10.6 Å². The molecule has 2 amide bonds. The fraction of sp³-hybridized carbons (Fsp3) is 0.400. The zero-order chi connectivity index (χ0) is 24.0. The predicted molar refractivity (Wildman–Crippen MR) is 123 cm³/mol. The maximum Gasteiger partial charge on any atom is 0.407 e. The van der Waals surface area contributed by atoms with Crippen LogP contribution in [0.15, 0.2) is 48.5 Å². The van der Waals surface area contributed by atoms with Gasteiger partial charge in [-0.2, -0.15) is 0 Å². The molecule has 0 aromatic heterocycles. The van der Waals surface area contributed by atoms with Gasteiger partial charge in [0.05, 0.1) is 19.1 Å². The average molecular weight is 455 g/mol. The van der Waals surface area contributed by atoms with Crippen LogP contribution in [0.3, 0.4) is 0 Å². The maximum absolute atomic E-state index is 12.6. The summed E-state index contributed by atoms with van der Waals surface area (Å²) >= 11 is 0. The molecule has 3 rings (SSSR count). The molecule has 8 nitrogen and oxygen atoms in total. The van der Waals surface area contributed by atoms with E-state index in [0.29, 0.717) is 6.42 Å². The van der Waals surface area contributed by atoms with E-state index < -0.39 is 36.5 Å². The van der Waals surface area contributed by atoms with Gasteiger partial charge in [0.2, 0.25) is 5.91 Å². The number of aliphatic carboxylic acids is 1. The summed E-state index contributed by atoms with van der Waals surface area (Å²) in [5, 5.41) is 23.7. The number of hydrogen-bond donors (Lipinski definition) is 4. The van der Waals surface area contributed by atoms with Gasteiger partial charge in [0.15, 0.2) is 0 Å². The number of carbonyl (C=O) groups is 3. The van der Waals surface area contributed by atoms with E-state index in [1.807, 2.05) is 62.4 Å². The number of nitrogens with one attached hydrogen (secondary N) is 2. The van der Waals surface area contributed by atoms with E-state index in [1.165, 1.54) is 0 Å². The summed E-state index contributed by atoms with van der Waals surface area (Å²) in [7, 11) is 0. The number of aliphatic hydroxyl groups excluding tert-OH is 1. The topological polar surface area (TPSA) is 125 Å². The van der Waals surface area contributed by atoms with E-state index >= 15 is 0 Å². The summed E-state index contributed by atoms with van der Waals surface area (Å²) in [5.74, 6) is -1.85. The first-order valence-corrected chi connectivity index (χ1v) is 11.0. The largest absolute Gasteiger partial charge is 0.481 e. The van der Waals surface area contributed by atoms with Gasteiger partial charge in [0, 0.05) is 5.92 Å². The van der Waals surface area contributed by atoms with Crippen molar-refractivity contribution in [2.24, 2.45) is 5.92 Å². The van der Waals surface area contributed by atoms with E-state index in [4.69, 9.17) is 4.74 Å². The molecule has 4 N–H and O–H groups in total. The van der Waals surface area contributed by atoms with Crippen LogP contribution >= 0.6 is 0 Å². The predicted octanol–water partition coefficient (Wildman–Crippen LogP) is 2.89. The number of benzene rings is 2. The van der Waals surface area contributed by atoms with E-state index in [-0.39, 0.29) is 25.0 Å². The summed E-state index contributed by atoms with van der Waals surface area (Å²) in [4.78, 5) is 36.3. The molecule has 1 unspecified atom stereocenters. The van der Waals surface area contributed by atoms with Crippen LogP contribution in [0.4, 0.5) is 4.79 Å². The molecule has 1 aliphatic carbocycles. The van der Waals surface area contributed by atoms with Crippen LogP contribution in [-0.4, -0.2) is 53.5 Å². The van der Waals surface area contributed by atoms with E-state index in [1.54, 1.807) is 0 Å². The number of alkyl carbamates (subject to hydrolysis) is 1. The lowest BCUT2D eigenvalue weighted by atomic mass is 9.98. The zero-order valence-electron chi connectivity index (χ0n) is 18.8. The van der Waals surface area contributed by atoms with Crippen LogP contribution in [-0.2, 0) is 14.3 Å². The summed E-state index contributed by atoms with van der Waals surface area (Å²) in [6, 6.07) is 14.0. The second-order valence-electron chi connectivity index (χ2n) is 8.64. The molecule has 1 aliphatic rings. The van der Waals surface area contributed by atoms with Gasteiger partial charge < -0.3 is 25.6 Å². The molecule has 0 heterocycles. The van der Waals surface area contributed by atoms with Gasteiger partial charge in [-0.25, -0.2) is 4.79 Å². The fourth-order valence-electron chi connectivity index (χ4n) is 4.22. The molecule has 0 spiro atoms. The Labute approximate surface area is 193 Å². The highest BCUT2D eigenvalue weighted by atomic mass is 16.5. The summed E-state index contributed by atoms with van der Waals surface area (Å²) in [6.07, 6.45) is -0.953. The molecular formula is C25H30N2O6. The quantitative estimate of drug-likeness (QED) is 0.438. The Morgan fingerprint density at radius 3 is 2.06 bits per heavy atom. The first-order chi connectivity index (χ1) is 15.8. The molecule has 0 bridgehead atoms. The Hall–Kier alpha value is -3.39. The monoisotopic (exact) mass is 454 g/mol. The van der Waals surface area contributed by atoms with Crippen molar-refractivity contribution in [2.75, 3.05) is 13.2 Å². The summed E-state index contributed by atoms with van der Waals surface area (Å²) in [5.41, 5.74) is 4.27. The van der Waals surface area contributed by atoms with Crippen LogP contribution in [0, 0.1) is 5.92 Å². The van der Waals surface area contributed by atoms with Gasteiger partial charge >= 0.3 is 12.1 Å². The number of carbonyl (C=O) groups excluding carboxylic acids is 2. The molecule has 0 radical (unpaired) electrons. The fourth-order valence-corrected chi connectivity index (χ4v) is 4.22. The molecule has 8 heteroatoms. The Bertz CT molecular complexity index is 960. The molecule has 176 valence electrons. The van der Waals surface area contributed by atoms with Gasteiger partial charge in [-0.05, 0) is 34.6 Å². The number of carboxylic acids is 1. The lowest BCUT2D eigenvalue weighted by Gasteiger charge is -2.23. The van der Waals surface area contributed by atoms with Gasteiger partial charge in [-0.3, -0.25) is 9.59 Å². The zero-order valence-corrected chi connectivity index (χ0v) is 18.8. The van der Waals surface area contributed by atoms with Gasteiger partial charge in [-0.15, -0.1) is 0 Å². The third kappa shape index (κ3) is 6.10. The standard InChI is InChI=1S/C25H30N2O6/c1-15(2)11-16(13-28)26-24(31)22(12-23(29)30)27-25(32)33-14-21-19-9-5-3-7-17(19)18-8-4-6-10-20(18)21/h3-10,15-16,21-22,28H,11-14H2,1-2H3,(H,26,31)(H,27,32)(H,29,30)/t16-,22?/m1/s1. The minimum absolute atomic E-state index is 0.0495. The van der Waals surface area contributed by atoms with Crippen molar-refractivity contribution in [3.05, 3.63) is 59.7 Å². The Kier molecular flexibility index (Phi) is 8.06. The number of hydrogen-bond acceptors (Lipinski definition) is 5. The van der Waals surface area contributed by atoms with Crippen molar-refractivity contribution < 1.29 is 29.3 Å². The second-order valence-corrected chi connectivity index (χ2v) is 8.64. The first kappa shape index (κ1) is 24.3. The Morgan fingerprint density at radius 2 is 1.55 bits per heavy atom. The summed E-state index contributed by atoms with van der Waals surface area (Å²) < 4.78 is 5.43. The van der Waals surface area contributed by atoms with Crippen molar-refractivity contribution in [1.29, 1.82) is 0 Å². The third-order valence-corrected chi connectivity index (χ3v) is 5.65. The first-order valence-electron chi connectivity index (χ1n) is 11.0. The lowest BCUT2D eigenvalue weighted by molar-refractivity contribution is -0.140. The molecule has 2 aromatic carbocycles. The van der Waals surface area contributed by atoms with Crippen LogP contribution in [0.2, 0.25) is 0 Å². The van der Waals surface area contributed by atoms with Gasteiger partial charge in [0.1, 0.15) is 12.6 Å². The highest BCUT2D eigenvalue weighted by Gasteiger charge is 2.30. The third-order valence-electron chi connectivity index (χ3n) is 5.65. The van der Waals surface area contributed by atoms with Crippen molar-refractivity contribution in [3.63, 3.8) is 0 Å². The molecular weight excluding hydrogens is 424 g/mol. The number of carboxylic acid groups (broad SMARTS) is 1. The lowest BCUT2D eigenvalue weighted by Crippen LogP contribution is -2.51. The van der Waals surface area contributed by atoms with E-state index in [0.717, 1.165) is 22.3 Å². The SMILES string of the molecule is CC(C)C[C@H](CO)NC(=O)C(CC(=O)O)NC(=O)OCC1c2ccccc2-c2ccccc21. The molecule has 2 atom stereocenters. The van der Waals surface area contributed by atoms with Crippen molar-refractivity contribution in [3.8, 4) is 11.1 Å². The normalized spacial score (nSPS) is 14.2. The number of fused-ring (bicyclic) bond motifs is 3. The minimum Gasteiger partial charge on any atom is -0.481 e. The highest BCUT2D eigenvalue weighted by Crippen LogP contribution is 2.44. The van der Waals surface area contributed by atoms with Gasteiger partial charge in [-0.1, -0.05) is 62.4 Å². The van der Waals surface area contributed by atoms with Crippen LogP contribution in [0.5, 0.6) is 0 Å². The molecule has 0 aliphatic heterocycles. The molecule has 33 heavy (non-hydrogen) atoms. The molecule has 0 saturated heterocycles. The highest BCUT2D eigenvalue weighted by molar-refractivity contribution is 5.89.